The number of anilines is 1. The van der Waals surface area contributed by atoms with Crippen LogP contribution < -0.4 is 5.73 Å². The summed E-state index contributed by atoms with van der Waals surface area (Å²) < 4.78 is 26.5. The van der Waals surface area contributed by atoms with E-state index in [1.807, 2.05) is 33.8 Å². The van der Waals surface area contributed by atoms with E-state index in [4.69, 9.17) is 11.0 Å². The lowest BCUT2D eigenvalue weighted by Crippen LogP contribution is -2.43. The van der Waals surface area contributed by atoms with Gasteiger partial charge >= 0.3 is 0 Å². The van der Waals surface area contributed by atoms with Gasteiger partial charge in [0, 0.05) is 13.1 Å². The second-order valence-electron chi connectivity index (χ2n) is 5.93. The largest absolute Gasteiger partial charge is 0.398 e. The fourth-order valence-electron chi connectivity index (χ4n) is 1.76. The molecule has 1 unspecified atom stereocenters. The summed E-state index contributed by atoms with van der Waals surface area (Å²) in [4.78, 5) is 0.0371. The molecule has 0 bridgehead atoms. The van der Waals surface area contributed by atoms with Gasteiger partial charge in [-0.05, 0) is 30.5 Å². The van der Waals surface area contributed by atoms with Crippen molar-refractivity contribution in [3.63, 3.8) is 0 Å². The molecule has 0 aromatic heterocycles. The minimum Gasteiger partial charge on any atom is -0.398 e. The van der Waals surface area contributed by atoms with Crippen molar-refractivity contribution in [2.24, 2.45) is 5.41 Å². The number of benzene rings is 1. The molecule has 0 aliphatic carbocycles. The molecule has 20 heavy (non-hydrogen) atoms. The highest BCUT2D eigenvalue weighted by atomic mass is 32.2. The third kappa shape index (κ3) is 3.11. The minimum atomic E-state index is -3.68. The zero-order chi connectivity index (χ0) is 15.7. The van der Waals surface area contributed by atoms with Crippen LogP contribution >= 0.6 is 0 Å². The number of hydrogen-bond acceptors (Lipinski definition) is 4. The Kier molecular flexibility index (Phi) is 4.47. The summed E-state index contributed by atoms with van der Waals surface area (Å²) >= 11 is 0. The van der Waals surface area contributed by atoms with E-state index in [1.54, 1.807) is 7.05 Å². The third-order valence-electron chi connectivity index (χ3n) is 3.59. The molecular weight excluding hydrogens is 274 g/mol. The number of sulfonamides is 1. The molecule has 5 nitrogen and oxygen atoms in total. The lowest BCUT2D eigenvalue weighted by Gasteiger charge is -2.34. The quantitative estimate of drug-likeness (QED) is 0.866. The molecule has 6 heteroatoms. The summed E-state index contributed by atoms with van der Waals surface area (Å²) in [5.74, 6) is 0. The van der Waals surface area contributed by atoms with E-state index in [9.17, 15) is 8.42 Å². The lowest BCUT2D eigenvalue weighted by atomic mass is 9.88. The van der Waals surface area contributed by atoms with Crippen molar-refractivity contribution < 1.29 is 8.42 Å². The normalized spacial score (nSPS) is 14.1. The molecule has 0 radical (unpaired) electrons. The Morgan fingerprint density at radius 1 is 1.35 bits per heavy atom. The molecule has 1 atom stereocenters. The average Bonchev–Trinajstić information content (AvgIpc) is 2.35. The predicted octanol–water partition coefficient (Wildman–Crippen LogP) is 2.20. The molecule has 1 rings (SSSR count). The molecule has 0 aliphatic heterocycles. The standard InChI is InChI=1S/C14H21N3O2S/c1-10(14(2,3)4)17(5)20(18,19)13-7-6-11(9-15)8-12(13)16/h6-8,10H,16H2,1-5H3. The van der Waals surface area contributed by atoms with Gasteiger partial charge in [-0.25, -0.2) is 8.42 Å². The van der Waals surface area contributed by atoms with Crippen LogP contribution in [0.15, 0.2) is 23.1 Å². The molecule has 1 aromatic carbocycles. The summed E-state index contributed by atoms with van der Waals surface area (Å²) in [7, 11) is -2.13. The first-order valence-corrected chi connectivity index (χ1v) is 7.73. The van der Waals surface area contributed by atoms with Crippen LogP contribution in [0.2, 0.25) is 0 Å². The van der Waals surface area contributed by atoms with Crippen molar-refractivity contribution in [3.05, 3.63) is 23.8 Å². The lowest BCUT2D eigenvalue weighted by molar-refractivity contribution is 0.216. The Labute approximate surface area is 121 Å². The topological polar surface area (TPSA) is 87.2 Å². The van der Waals surface area contributed by atoms with E-state index >= 15 is 0 Å². The van der Waals surface area contributed by atoms with E-state index in [0.29, 0.717) is 5.56 Å². The van der Waals surface area contributed by atoms with Crippen molar-refractivity contribution >= 4 is 15.7 Å². The van der Waals surface area contributed by atoms with Gasteiger partial charge in [-0.3, -0.25) is 0 Å². The molecule has 110 valence electrons. The summed E-state index contributed by atoms with van der Waals surface area (Å²) in [6.07, 6.45) is 0. The molecule has 0 fully saturated rings. The van der Waals surface area contributed by atoms with Crippen LogP contribution in [-0.4, -0.2) is 25.8 Å². The van der Waals surface area contributed by atoms with Crippen LogP contribution in [0.3, 0.4) is 0 Å². The van der Waals surface area contributed by atoms with Gasteiger partial charge in [0.05, 0.1) is 17.3 Å². The number of nitrogens with two attached hydrogens (primary N) is 1. The van der Waals surface area contributed by atoms with Crippen molar-refractivity contribution in [1.82, 2.24) is 4.31 Å². The van der Waals surface area contributed by atoms with Gasteiger partial charge in [0.25, 0.3) is 0 Å². The van der Waals surface area contributed by atoms with Crippen molar-refractivity contribution in [3.8, 4) is 6.07 Å². The first kappa shape index (κ1) is 16.5. The Hall–Kier alpha value is -1.58. The zero-order valence-corrected chi connectivity index (χ0v) is 13.3. The maximum Gasteiger partial charge on any atom is 0.245 e. The van der Waals surface area contributed by atoms with Crippen LogP contribution in [0.1, 0.15) is 33.3 Å². The number of nitrogens with zero attached hydrogens (tertiary/aromatic N) is 2. The van der Waals surface area contributed by atoms with Crippen LogP contribution in [0.25, 0.3) is 0 Å². The van der Waals surface area contributed by atoms with E-state index in [1.165, 1.54) is 22.5 Å². The fraction of sp³-hybridized carbons (Fsp3) is 0.500. The first-order valence-electron chi connectivity index (χ1n) is 6.29. The van der Waals surface area contributed by atoms with E-state index in [-0.39, 0.29) is 22.0 Å². The van der Waals surface area contributed by atoms with Gasteiger partial charge in [-0.1, -0.05) is 20.8 Å². The molecule has 0 spiro atoms. The van der Waals surface area contributed by atoms with Crippen LogP contribution in [0.5, 0.6) is 0 Å². The monoisotopic (exact) mass is 295 g/mol. The average molecular weight is 295 g/mol. The molecule has 1 aromatic rings. The van der Waals surface area contributed by atoms with Crippen LogP contribution in [-0.2, 0) is 10.0 Å². The van der Waals surface area contributed by atoms with Gasteiger partial charge in [0.1, 0.15) is 4.90 Å². The maximum absolute atomic E-state index is 12.6. The molecular formula is C14H21N3O2S. The maximum atomic E-state index is 12.6. The molecule has 2 N–H and O–H groups in total. The highest BCUT2D eigenvalue weighted by Crippen LogP contribution is 2.29. The SMILES string of the molecule is CC(N(C)S(=O)(=O)c1ccc(C#N)cc1N)C(C)(C)C. The van der Waals surface area contributed by atoms with Crippen molar-refractivity contribution in [2.45, 2.75) is 38.6 Å². The summed E-state index contributed by atoms with van der Waals surface area (Å²) in [6, 6.07) is 5.96. The fourth-order valence-corrected chi connectivity index (χ4v) is 3.40. The second kappa shape index (κ2) is 5.43. The summed E-state index contributed by atoms with van der Waals surface area (Å²) in [5.41, 5.74) is 6.02. The Balaban J connectivity index is 3.28. The Morgan fingerprint density at radius 2 is 1.90 bits per heavy atom. The number of nitriles is 1. The molecule has 0 saturated carbocycles. The van der Waals surface area contributed by atoms with Gasteiger partial charge < -0.3 is 5.73 Å². The van der Waals surface area contributed by atoms with E-state index < -0.39 is 10.0 Å². The Morgan fingerprint density at radius 3 is 2.30 bits per heavy atom. The molecule has 0 amide bonds. The highest BCUT2D eigenvalue weighted by molar-refractivity contribution is 7.89. The van der Waals surface area contributed by atoms with Crippen molar-refractivity contribution in [1.29, 1.82) is 5.26 Å². The predicted molar refractivity (Wildman–Crippen MR) is 79.4 cm³/mol. The molecule has 0 heterocycles. The summed E-state index contributed by atoms with van der Waals surface area (Å²) in [6.45, 7) is 7.79. The third-order valence-corrected chi connectivity index (χ3v) is 5.60. The molecule has 0 aliphatic rings. The minimum absolute atomic E-state index is 0.0371. The molecule has 0 saturated heterocycles. The number of hydrogen-bond donors (Lipinski definition) is 1. The van der Waals surface area contributed by atoms with Gasteiger partial charge in [-0.2, -0.15) is 9.57 Å². The smallest absolute Gasteiger partial charge is 0.245 e. The van der Waals surface area contributed by atoms with E-state index in [2.05, 4.69) is 0 Å². The second-order valence-corrected chi connectivity index (χ2v) is 7.89. The van der Waals surface area contributed by atoms with Crippen LogP contribution in [0, 0.1) is 16.7 Å². The van der Waals surface area contributed by atoms with Gasteiger partial charge in [0.15, 0.2) is 0 Å². The number of rotatable bonds is 3. The van der Waals surface area contributed by atoms with Gasteiger partial charge in [0.2, 0.25) is 10.0 Å². The Bertz CT molecular complexity index is 639. The first-order chi connectivity index (χ1) is 9.01. The number of nitrogen functional groups attached to an aromatic ring is 1. The highest BCUT2D eigenvalue weighted by Gasteiger charge is 2.33. The van der Waals surface area contributed by atoms with E-state index in [0.717, 1.165) is 0 Å². The zero-order valence-electron chi connectivity index (χ0n) is 12.5. The van der Waals surface area contributed by atoms with Gasteiger partial charge in [-0.15, -0.1) is 0 Å². The van der Waals surface area contributed by atoms with Crippen LogP contribution in [0.4, 0.5) is 5.69 Å². The van der Waals surface area contributed by atoms with Crippen molar-refractivity contribution in [2.75, 3.05) is 12.8 Å². The summed E-state index contributed by atoms with van der Waals surface area (Å²) in [5, 5.41) is 8.79.